The third kappa shape index (κ3) is 3.42. The number of likely N-dealkylation sites (N-methyl/N-ethyl adjacent to an activating group) is 1. The molecule has 2 fully saturated rings. The van der Waals surface area contributed by atoms with E-state index in [1.165, 1.54) is 17.7 Å². The first-order valence-electron chi connectivity index (χ1n) is 7.56. The summed E-state index contributed by atoms with van der Waals surface area (Å²) in [6, 6.07) is -0.232. The molecular weight excluding hydrogens is 258 g/mol. The fourth-order valence-corrected chi connectivity index (χ4v) is 3.00. The van der Waals surface area contributed by atoms with Crippen molar-refractivity contribution in [1.29, 1.82) is 0 Å². The van der Waals surface area contributed by atoms with Gasteiger partial charge in [-0.1, -0.05) is 13.8 Å². The van der Waals surface area contributed by atoms with Gasteiger partial charge in [0.15, 0.2) is 0 Å². The average molecular weight is 283 g/mol. The van der Waals surface area contributed by atoms with Crippen LogP contribution in [0.15, 0.2) is 0 Å². The summed E-state index contributed by atoms with van der Waals surface area (Å²) in [5, 5.41) is 12.1. The van der Waals surface area contributed by atoms with Crippen molar-refractivity contribution in [2.45, 2.75) is 45.2 Å². The molecule has 2 N–H and O–H groups in total. The maximum absolute atomic E-state index is 12.1. The standard InChI is InChI=1S/C14H25N3O3/c1-3-16(11-4-5-11)9-7-15-14(20)17-8-6-10(2)12(17)13(18)19/h10-12H,3-9H2,1-2H3,(H,15,20)(H,18,19). The van der Waals surface area contributed by atoms with Crippen molar-refractivity contribution in [3.8, 4) is 0 Å². The molecule has 20 heavy (non-hydrogen) atoms. The van der Waals surface area contributed by atoms with Gasteiger partial charge < -0.3 is 15.3 Å². The topological polar surface area (TPSA) is 72.9 Å². The number of hydrogen-bond acceptors (Lipinski definition) is 3. The van der Waals surface area contributed by atoms with Gasteiger partial charge in [0.2, 0.25) is 0 Å². The van der Waals surface area contributed by atoms with E-state index in [2.05, 4.69) is 17.1 Å². The van der Waals surface area contributed by atoms with E-state index in [1.807, 2.05) is 6.92 Å². The molecule has 1 saturated heterocycles. The molecule has 114 valence electrons. The van der Waals surface area contributed by atoms with Crippen LogP contribution in [0.25, 0.3) is 0 Å². The summed E-state index contributed by atoms with van der Waals surface area (Å²) >= 11 is 0. The van der Waals surface area contributed by atoms with Crippen LogP contribution in [0.2, 0.25) is 0 Å². The number of carbonyl (C=O) groups excluding carboxylic acids is 1. The summed E-state index contributed by atoms with van der Waals surface area (Å²) in [6.07, 6.45) is 3.27. The molecule has 2 aliphatic rings. The van der Waals surface area contributed by atoms with E-state index in [0.29, 0.717) is 19.1 Å². The zero-order valence-corrected chi connectivity index (χ0v) is 12.3. The Balaban J connectivity index is 1.77. The number of aliphatic carboxylic acids is 1. The number of amides is 2. The summed E-state index contributed by atoms with van der Waals surface area (Å²) in [5.74, 6) is -0.879. The quantitative estimate of drug-likeness (QED) is 0.762. The minimum absolute atomic E-state index is 0.0249. The molecule has 2 unspecified atom stereocenters. The number of urea groups is 1. The van der Waals surface area contributed by atoms with E-state index >= 15 is 0 Å². The van der Waals surface area contributed by atoms with E-state index in [-0.39, 0.29) is 11.9 Å². The Hall–Kier alpha value is -1.30. The highest BCUT2D eigenvalue weighted by molar-refractivity contribution is 5.83. The molecule has 0 aromatic carbocycles. The molecule has 2 atom stereocenters. The van der Waals surface area contributed by atoms with Crippen molar-refractivity contribution in [3.05, 3.63) is 0 Å². The van der Waals surface area contributed by atoms with Crippen LogP contribution in [-0.2, 0) is 4.79 Å². The number of hydrogen-bond donors (Lipinski definition) is 2. The third-order valence-electron chi connectivity index (χ3n) is 4.36. The van der Waals surface area contributed by atoms with Gasteiger partial charge in [0.25, 0.3) is 0 Å². The second-order valence-electron chi connectivity index (χ2n) is 5.83. The van der Waals surface area contributed by atoms with Gasteiger partial charge >= 0.3 is 12.0 Å². The van der Waals surface area contributed by atoms with Gasteiger partial charge in [0, 0.05) is 25.7 Å². The van der Waals surface area contributed by atoms with Crippen molar-refractivity contribution in [2.75, 3.05) is 26.2 Å². The predicted octanol–water partition coefficient (Wildman–Crippen LogP) is 0.975. The fourth-order valence-electron chi connectivity index (χ4n) is 3.00. The summed E-state index contributed by atoms with van der Waals surface area (Å²) < 4.78 is 0. The molecule has 2 amide bonds. The first-order valence-corrected chi connectivity index (χ1v) is 7.56. The second-order valence-corrected chi connectivity index (χ2v) is 5.83. The van der Waals surface area contributed by atoms with E-state index < -0.39 is 12.0 Å². The van der Waals surface area contributed by atoms with Crippen LogP contribution in [0.3, 0.4) is 0 Å². The number of carbonyl (C=O) groups is 2. The molecule has 1 heterocycles. The largest absolute Gasteiger partial charge is 0.480 e. The van der Waals surface area contributed by atoms with Gasteiger partial charge in [-0.05, 0) is 31.7 Å². The summed E-state index contributed by atoms with van der Waals surface area (Å²) in [4.78, 5) is 27.1. The molecule has 6 heteroatoms. The Morgan fingerprint density at radius 3 is 2.60 bits per heavy atom. The van der Waals surface area contributed by atoms with Crippen LogP contribution in [0.4, 0.5) is 4.79 Å². The molecule has 0 spiro atoms. The Morgan fingerprint density at radius 2 is 2.05 bits per heavy atom. The molecule has 0 aromatic rings. The minimum Gasteiger partial charge on any atom is -0.480 e. The van der Waals surface area contributed by atoms with E-state index in [0.717, 1.165) is 19.5 Å². The van der Waals surface area contributed by atoms with E-state index in [9.17, 15) is 14.7 Å². The number of rotatable bonds is 6. The molecule has 1 saturated carbocycles. The number of nitrogens with one attached hydrogen (secondary N) is 1. The van der Waals surface area contributed by atoms with Crippen molar-refractivity contribution < 1.29 is 14.7 Å². The van der Waals surface area contributed by atoms with Crippen LogP contribution < -0.4 is 5.32 Å². The third-order valence-corrected chi connectivity index (χ3v) is 4.36. The lowest BCUT2D eigenvalue weighted by Gasteiger charge is -2.25. The monoisotopic (exact) mass is 283 g/mol. The number of carboxylic acid groups (broad SMARTS) is 1. The van der Waals surface area contributed by atoms with Crippen LogP contribution in [0, 0.1) is 5.92 Å². The maximum atomic E-state index is 12.1. The molecule has 0 bridgehead atoms. The minimum atomic E-state index is -0.904. The van der Waals surface area contributed by atoms with Gasteiger partial charge in [0.1, 0.15) is 6.04 Å². The zero-order chi connectivity index (χ0) is 14.7. The first kappa shape index (κ1) is 15.1. The predicted molar refractivity (Wildman–Crippen MR) is 75.6 cm³/mol. The van der Waals surface area contributed by atoms with Gasteiger partial charge in [-0.2, -0.15) is 0 Å². The fraction of sp³-hybridized carbons (Fsp3) is 0.857. The molecule has 2 rings (SSSR count). The summed E-state index contributed by atoms with van der Waals surface area (Å²) in [6.45, 7) is 6.97. The molecule has 1 aliphatic carbocycles. The highest BCUT2D eigenvalue weighted by atomic mass is 16.4. The lowest BCUT2D eigenvalue weighted by Crippen LogP contribution is -2.49. The van der Waals surface area contributed by atoms with Crippen molar-refractivity contribution in [2.24, 2.45) is 5.92 Å². The normalized spacial score (nSPS) is 26.1. The number of carboxylic acids is 1. The molecule has 0 aromatic heterocycles. The Labute approximate surface area is 120 Å². The van der Waals surface area contributed by atoms with E-state index in [4.69, 9.17) is 0 Å². The molecule has 0 radical (unpaired) electrons. The van der Waals surface area contributed by atoms with Gasteiger partial charge in [-0.15, -0.1) is 0 Å². The Bertz CT molecular complexity index is 371. The molecular formula is C14H25N3O3. The molecule has 6 nitrogen and oxygen atoms in total. The van der Waals surface area contributed by atoms with Crippen LogP contribution in [0.5, 0.6) is 0 Å². The Kier molecular flexibility index (Phi) is 4.86. The number of nitrogens with zero attached hydrogens (tertiary/aromatic N) is 2. The summed E-state index contributed by atoms with van der Waals surface area (Å²) in [7, 11) is 0. The second kappa shape index (κ2) is 6.43. The van der Waals surface area contributed by atoms with E-state index in [1.54, 1.807) is 0 Å². The van der Waals surface area contributed by atoms with Crippen LogP contribution in [-0.4, -0.2) is 65.2 Å². The van der Waals surface area contributed by atoms with Crippen molar-refractivity contribution in [3.63, 3.8) is 0 Å². The van der Waals surface area contributed by atoms with Crippen LogP contribution >= 0.6 is 0 Å². The van der Waals surface area contributed by atoms with Gasteiger partial charge in [-0.25, -0.2) is 9.59 Å². The smallest absolute Gasteiger partial charge is 0.326 e. The number of likely N-dealkylation sites (tertiary alicyclic amines) is 1. The lowest BCUT2D eigenvalue weighted by atomic mass is 10.0. The highest BCUT2D eigenvalue weighted by Gasteiger charge is 2.39. The molecule has 1 aliphatic heterocycles. The summed E-state index contributed by atoms with van der Waals surface area (Å²) in [5.41, 5.74) is 0. The van der Waals surface area contributed by atoms with Crippen LogP contribution in [0.1, 0.15) is 33.1 Å². The first-order chi connectivity index (χ1) is 9.54. The zero-order valence-electron chi connectivity index (χ0n) is 12.3. The van der Waals surface area contributed by atoms with Gasteiger partial charge in [0.05, 0.1) is 0 Å². The van der Waals surface area contributed by atoms with Crippen molar-refractivity contribution in [1.82, 2.24) is 15.1 Å². The van der Waals surface area contributed by atoms with Gasteiger partial charge in [-0.3, -0.25) is 4.90 Å². The SMILES string of the molecule is CCN(CCNC(=O)N1CCC(C)C1C(=O)O)C1CC1. The Morgan fingerprint density at radius 1 is 1.35 bits per heavy atom. The maximum Gasteiger partial charge on any atom is 0.326 e. The highest BCUT2D eigenvalue weighted by Crippen LogP contribution is 2.26. The average Bonchev–Trinajstić information content (AvgIpc) is 3.16. The van der Waals surface area contributed by atoms with Crippen molar-refractivity contribution >= 4 is 12.0 Å². The lowest BCUT2D eigenvalue weighted by molar-refractivity contribution is -0.142.